The third-order valence-electron chi connectivity index (χ3n) is 9.43. The highest BCUT2D eigenvalue weighted by molar-refractivity contribution is 5.92. The SMILES string of the molecule is CCOC(=O)C(NC=O)=C1CC[C@H]2[C@@H]3CCC4=CC(=O)CC[C@]4(C)[C@@]3(O)CC[C@]12C.[C-]#[N+]CC(=O)OCC. The second kappa shape index (κ2) is 11.8. The Balaban J connectivity index is 0.000000436. The van der Waals surface area contributed by atoms with Crippen LogP contribution in [0, 0.1) is 29.2 Å². The molecular weight excluding hydrogens is 488 g/mol. The summed E-state index contributed by atoms with van der Waals surface area (Å²) in [6.07, 6.45) is 8.23. The zero-order valence-electron chi connectivity index (χ0n) is 22.9. The topological polar surface area (TPSA) is 123 Å². The lowest BCUT2D eigenvalue weighted by molar-refractivity contribution is -0.183. The molecule has 38 heavy (non-hydrogen) atoms. The molecule has 0 unspecified atom stereocenters. The van der Waals surface area contributed by atoms with Gasteiger partial charge in [-0.1, -0.05) is 19.4 Å². The maximum atomic E-state index is 12.6. The first-order valence-electron chi connectivity index (χ1n) is 13.6. The first kappa shape index (κ1) is 29.6. The molecule has 1 amide bonds. The first-order valence-corrected chi connectivity index (χ1v) is 13.6. The molecule has 0 aromatic rings. The van der Waals surface area contributed by atoms with Crippen molar-refractivity contribution in [3.05, 3.63) is 34.3 Å². The maximum Gasteiger partial charge on any atom is 0.387 e. The number of carbonyl (C=O) groups is 4. The van der Waals surface area contributed by atoms with Crippen molar-refractivity contribution >= 4 is 24.1 Å². The zero-order valence-corrected chi connectivity index (χ0v) is 22.9. The van der Waals surface area contributed by atoms with E-state index in [0.29, 0.717) is 32.3 Å². The molecule has 0 bridgehead atoms. The molecule has 0 aliphatic heterocycles. The largest absolute Gasteiger partial charge is 0.461 e. The van der Waals surface area contributed by atoms with Gasteiger partial charge in [-0.3, -0.25) is 9.59 Å². The predicted molar refractivity (Wildman–Crippen MR) is 139 cm³/mol. The Kier molecular flexibility index (Phi) is 9.19. The molecule has 3 fully saturated rings. The van der Waals surface area contributed by atoms with Crippen molar-refractivity contribution in [1.82, 2.24) is 5.32 Å². The van der Waals surface area contributed by atoms with Crippen LogP contribution in [0.3, 0.4) is 0 Å². The molecule has 0 aromatic carbocycles. The van der Waals surface area contributed by atoms with Crippen LogP contribution in [-0.2, 0) is 28.7 Å². The molecule has 9 heteroatoms. The number of fused-ring (bicyclic) bond motifs is 5. The minimum Gasteiger partial charge on any atom is -0.461 e. The maximum absolute atomic E-state index is 12.6. The standard InChI is InChI=1S/C24H33NO5.C5H7NO2/c1-4-30-21(28)20(25-14-26)19-8-7-17-18-6-5-15-13-16(27)9-10-23(15,3)24(18,29)12-11-22(17,19)2;1-3-8-5(7)4-6-2/h13-14,17-18,29H,4-12H2,1-3H3,(H,25,26);3-4H2,1H3/t17-,18-,22-,23-,24+;/m0./s1. The molecule has 0 saturated heterocycles. The summed E-state index contributed by atoms with van der Waals surface area (Å²) in [6.45, 7) is 14.5. The summed E-state index contributed by atoms with van der Waals surface area (Å²) < 4.78 is 9.64. The number of ether oxygens (including phenoxy) is 2. The molecule has 4 aliphatic rings. The Morgan fingerprint density at radius 3 is 2.42 bits per heavy atom. The molecular formula is C29H40N2O7. The van der Waals surface area contributed by atoms with Gasteiger partial charge in [0.2, 0.25) is 6.41 Å². The van der Waals surface area contributed by atoms with Gasteiger partial charge < -0.3 is 24.7 Å². The summed E-state index contributed by atoms with van der Waals surface area (Å²) >= 11 is 0. The average molecular weight is 529 g/mol. The highest BCUT2D eigenvalue weighted by Gasteiger charge is 2.65. The molecule has 208 valence electrons. The summed E-state index contributed by atoms with van der Waals surface area (Å²) in [6, 6.07) is 0. The van der Waals surface area contributed by atoms with E-state index in [2.05, 4.69) is 28.7 Å². The van der Waals surface area contributed by atoms with E-state index in [9.17, 15) is 24.3 Å². The molecule has 2 N–H and O–H groups in total. The van der Waals surface area contributed by atoms with Gasteiger partial charge in [-0.2, -0.15) is 0 Å². The van der Waals surface area contributed by atoms with E-state index >= 15 is 0 Å². The number of ketones is 1. The van der Waals surface area contributed by atoms with E-state index < -0.39 is 17.5 Å². The Morgan fingerprint density at radius 1 is 1.11 bits per heavy atom. The smallest absolute Gasteiger partial charge is 0.387 e. The molecule has 0 heterocycles. The van der Waals surface area contributed by atoms with Crippen LogP contribution in [0.4, 0.5) is 0 Å². The van der Waals surface area contributed by atoms with Crippen LogP contribution < -0.4 is 5.32 Å². The predicted octanol–water partition coefficient (Wildman–Crippen LogP) is 3.67. The quantitative estimate of drug-likeness (QED) is 0.233. The monoisotopic (exact) mass is 528 g/mol. The van der Waals surface area contributed by atoms with Gasteiger partial charge in [0.1, 0.15) is 5.70 Å². The molecule has 0 aromatic heterocycles. The fraction of sp³-hybridized carbons (Fsp3) is 0.690. The van der Waals surface area contributed by atoms with Gasteiger partial charge in [-0.25, -0.2) is 16.2 Å². The number of hydrogen-bond acceptors (Lipinski definition) is 7. The van der Waals surface area contributed by atoms with Gasteiger partial charge in [0.15, 0.2) is 5.78 Å². The number of hydrogen-bond donors (Lipinski definition) is 2. The Morgan fingerprint density at radius 2 is 1.79 bits per heavy atom. The minimum absolute atomic E-state index is 0.115. The number of allylic oxidation sites excluding steroid dienone is 1. The van der Waals surface area contributed by atoms with Crippen LogP contribution in [-0.4, -0.2) is 54.6 Å². The van der Waals surface area contributed by atoms with Crippen molar-refractivity contribution in [1.29, 1.82) is 0 Å². The van der Waals surface area contributed by atoms with Crippen molar-refractivity contribution in [3.63, 3.8) is 0 Å². The highest BCUT2D eigenvalue weighted by Crippen LogP contribution is 2.68. The van der Waals surface area contributed by atoms with Crippen LogP contribution in [0.1, 0.15) is 79.1 Å². The van der Waals surface area contributed by atoms with Crippen LogP contribution in [0.5, 0.6) is 0 Å². The summed E-state index contributed by atoms with van der Waals surface area (Å²) in [4.78, 5) is 48.8. The lowest BCUT2D eigenvalue weighted by atomic mass is 9.45. The minimum atomic E-state index is -0.834. The fourth-order valence-corrected chi connectivity index (χ4v) is 7.53. The van der Waals surface area contributed by atoms with Crippen molar-refractivity contribution in [3.8, 4) is 0 Å². The summed E-state index contributed by atoms with van der Waals surface area (Å²) in [7, 11) is 0. The number of rotatable bonds is 6. The lowest BCUT2D eigenvalue weighted by Crippen LogP contribution is -2.62. The summed E-state index contributed by atoms with van der Waals surface area (Å²) in [5, 5.41) is 14.7. The Hall–Kier alpha value is -2.99. The molecule has 0 radical (unpaired) electrons. The number of nitrogens with zero attached hydrogens (tertiary/aromatic N) is 1. The fourth-order valence-electron chi connectivity index (χ4n) is 7.53. The third kappa shape index (κ3) is 5.15. The lowest BCUT2D eigenvalue weighted by Gasteiger charge is -2.62. The van der Waals surface area contributed by atoms with Crippen LogP contribution >= 0.6 is 0 Å². The van der Waals surface area contributed by atoms with Crippen molar-refractivity contribution < 1.29 is 33.8 Å². The van der Waals surface area contributed by atoms with E-state index in [-0.39, 0.29) is 47.3 Å². The van der Waals surface area contributed by atoms with Gasteiger partial charge in [0.25, 0.3) is 0 Å². The molecule has 3 saturated carbocycles. The van der Waals surface area contributed by atoms with Crippen molar-refractivity contribution in [2.75, 3.05) is 19.8 Å². The van der Waals surface area contributed by atoms with E-state index in [1.54, 1.807) is 19.9 Å². The van der Waals surface area contributed by atoms with Gasteiger partial charge in [0, 0.05) is 11.8 Å². The molecule has 9 nitrogen and oxygen atoms in total. The molecule has 0 spiro atoms. The van der Waals surface area contributed by atoms with Gasteiger partial charge in [-0.15, -0.1) is 0 Å². The van der Waals surface area contributed by atoms with Gasteiger partial charge >= 0.3 is 18.5 Å². The number of aliphatic hydroxyl groups is 1. The first-order chi connectivity index (χ1) is 18.0. The number of nitrogens with one attached hydrogen (secondary N) is 1. The normalized spacial score (nSPS) is 34.5. The van der Waals surface area contributed by atoms with Crippen LogP contribution in [0.25, 0.3) is 4.85 Å². The molecule has 4 aliphatic carbocycles. The average Bonchev–Trinajstić information content (AvgIpc) is 3.21. The van der Waals surface area contributed by atoms with E-state index in [4.69, 9.17) is 11.3 Å². The van der Waals surface area contributed by atoms with Crippen molar-refractivity contribution in [2.45, 2.75) is 84.7 Å². The summed E-state index contributed by atoms with van der Waals surface area (Å²) in [5.74, 6) is -0.393. The summed E-state index contributed by atoms with van der Waals surface area (Å²) in [5.41, 5.74) is 0.919. The highest BCUT2D eigenvalue weighted by atomic mass is 16.5. The van der Waals surface area contributed by atoms with Gasteiger partial charge in [-0.05, 0) is 87.7 Å². The van der Waals surface area contributed by atoms with Crippen LogP contribution in [0.2, 0.25) is 0 Å². The number of carbonyl (C=O) groups excluding carboxylic acids is 4. The number of esters is 2. The Bertz CT molecular complexity index is 1070. The van der Waals surface area contributed by atoms with E-state index in [0.717, 1.165) is 43.3 Å². The van der Waals surface area contributed by atoms with E-state index in [1.165, 1.54) is 0 Å². The molecule has 5 atom stereocenters. The second-order valence-corrected chi connectivity index (χ2v) is 11.1. The van der Waals surface area contributed by atoms with E-state index in [1.807, 2.05) is 0 Å². The van der Waals surface area contributed by atoms with Crippen molar-refractivity contribution in [2.24, 2.45) is 22.7 Å². The molecule has 4 rings (SSSR count). The second-order valence-electron chi connectivity index (χ2n) is 11.1. The third-order valence-corrected chi connectivity index (χ3v) is 9.43. The number of amides is 1. The Labute approximate surface area is 224 Å². The van der Waals surface area contributed by atoms with Crippen LogP contribution in [0.15, 0.2) is 22.9 Å². The van der Waals surface area contributed by atoms with Gasteiger partial charge in [0.05, 0.1) is 18.8 Å². The zero-order chi connectivity index (χ0) is 28.1.